The zero-order chi connectivity index (χ0) is 15.1. The van der Waals surface area contributed by atoms with Crippen molar-refractivity contribution in [2.75, 3.05) is 26.1 Å². The van der Waals surface area contributed by atoms with Gasteiger partial charge < -0.3 is 9.64 Å². The van der Waals surface area contributed by atoms with Crippen molar-refractivity contribution in [3.63, 3.8) is 0 Å². The van der Waals surface area contributed by atoms with Crippen LogP contribution in [0.15, 0.2) is 35.9 Å². The number of nitrogens with zero attached hydrogens (tertiary/aromatic N) is 1. The topological polar surface area (TPSA) is 29.5 Å². The van der Waals surface area contributed by atoms with Crippen LogP contribution in [0.3, 0.4) is 0 Å². The Labute approximate surface area is 131 Å². The number of carbonyl (C=O) groups is 1. The normalized spacial score (nSPS) is 14.3. The van der Waals surface area contributed by atoms with Crippen LogP contribution in [0.4, 0.5) is 0 Å². The van der Waals surface area contributed by atoms with Crippen LogP contribution in [0.5, 0.6) is 0 Å². The van der Waals surface area contributed by atoms with Crippen LogP contribution in [-0.2, 0) is 9.53 Å². The van der Waals surface area contributed by atoms with E-state index in [1.165, 1.54) is 18.4 Å². The van der Waals surface area contributed by atoms with Crippen molar-refractivity contribution < 1.29 is 9.53 Å². The van der Waals surface area contributed by atoms with E-state index in [-0.39, 0.29) is 11.8 Å². The number of benzene rings is 1. The maximum absolute atomic E-state index is 12.3. The van der Waals surface area contributed by atoms with Crippen molar-refractivity contribution in [3.05, 3.63) is 41.5 Å². The average Bonchev–Trinajstić information content (AvgIpc) is 3.05. The molecule has 0 spiro atoms. The monoisotopic (exact) mass is 307 g/mol. The van der Waals surface area contributed by atoms with Crippen LogP contribution in [0.2, 0.25) is 0 Å². The molecule has 0 bridgehead atoms. The molecule has 0 radical (unpaired) electrons. The van der Waals surface area contributed by atoms with E-state index in [1.807, 2.05) is 18.2 Å². The van der Waals surface area contributed by atoms with Gasteiger partial charge in [-0.1, -0.05) is 30.3 Å². The molecule has 1 fully saturated rings. The predicted molar refractivity (Wildman–Crippen MR) is 86.1 cm³/mol. The highest BCUT2D eigenvalue weighted by molar-refractivity contribution is 6.27. The van der Waals surface area contributed by atoms with Gasteiger partial charge in [0.2, 0.25) is 5.91 Å². The highest BCUT2D eigenvalue weighted by atomic mass is 35.5. The Bertz CT molecular complexity index is 491. The molecule has 0 heterocycles. The van der Waals surface area contributed by atoms with Gasteiger partial charge in [0.05, 0.1) is 12.3 Å². The number of allylic oxidation sites excluding steroid dienone is 1. The Morgan fingerprint density at radius 1 is 1.24 bits per heavy atom. The second-order valence-corrected chi connectivity index (χ2v) is 5.46. The third-order valence-electron chi connectivity index (χ3n) is 3.79. The number of hydrogen-bond donors (Lipinski definition) is 0. The van der Waals surface area contributed by atoms with Gasteiger partial charge in [-0.05, 0) is 36.8 Å². The summed E-state index contributed by atoms with van der Waals surface area (Å²) in [6.45, 7) is 1.04. The molecule has 1 saturated carbocycles. The number of carbonyl (C=O) groups excluding carboxylic acids is 1. The Morgan fingerprint density at radius 3 is 2.48 bits per heavy atom. The van der Waals surface area contributed by atoms with Gasteiger partial charge in [0.15, 0.2) is 0 Å². The third kappa shape index (κ3) is 4.08. The SMILES string of the molecule is COCCN(C(=O)CCl)C(=C1CCCC1)c1ccccc1. The number of hydrogen-bond acceptors (Lipinski definition) is 2. The molecule has 2 rings (SSSR count). The van der Waals surface area contributed by atoms with Gasteiger partial charge in [0, 0.05) is 13.7 Å². The first kappa shape index (κ1) is 16.1. The molecule has 0 atom stereocenters. The van der Waals surface area contributed by atoms with Crippen molar-refractivity contribution in [1.82, 2.24) is 4.90 Å². The Hall–Kier alpha value is -1.32. The van der Waals surface area contributed by atoms with Crippen LogP contribution in [0, 0.1) is 0 Å². The van der Waals surface area contributed by atoms with E-state index in [2.05, 4.69) is 12.1 Å². The molecule has 4 heteroatoms. The average molecular weight is 308 g/mol. The van der Waals surface area contributed by atoms with Gasteiger partial charge in [-0.3, -0.25) is 4.79 Å². The summed E-state index contributed by atoms with van der Waals surface area (Å²) in [5.41, 5.74) is 3.48. The fraction of sp³-hybridized carbons (Fsp3) is 0.471. The highest BCUT2D eigenvalue weighted by Crippen LogP contribution is 2.34. The summed E-state index contributed by atoms with van der Waals surface area (Å²) in [6.07, 6.45) is 4.50. The summed E-state index contributed by atoms with van der Waals surface area (Å²) in [4.78, 5) is 14.1. The van der Waals surface area contributed by atoms with Crippen LogP contribution >= 0.6 is 11.6 Å². The predicted octanol–water partition coefficient (Wildman–Crippen LogP) is 3.69. The fourth-order valence-corrected chi connectivity index (χ4v) is 2.95. The number of ether oxygens (including phenoxy) is 1. The zero-order valence-corrected chi connectivity index (χ0v) is 13.2. The summed E-state index contributed by atoms with van der Waals surface area (Å²) < 4.78 is 5.16. The van der Waals surface area contributed by atoms with E-state index < -0.39 is 0 Å². The Balaban J connectivity index is 2.41. The van der Waals surface area contributed by atoms with E-state index in [4.69, 9.17) is 16.3 Å². The van der Waals surface area contributed by atoms with Crippen molar-refractivity contribution >= 4 is 23.2 Å². The van der Waals surface area contributed by atoms with E-state index in [9.17, 15) is 4.79 Å². The fourth-order valence-electron chi connectivity index (χ4n) is 2.80. The zero-order valence-electron chi connectivity index (χ0n) is 12.5. The lowest BCUT2D eigenvalue weighted by Crippen LogP contribution is -2.34. The quantitative estimate of drug-likeness (QED) is 0.750. The number of rotatable bonds is 6. The van der Waals surface area contributed by atoms with E-state index in [1.54, 1.807) is 12.0 Å². The van der Waals surface area contributed by atoms with Crippen molar-refractivity contribution in [1.29, 1.82) is 0 Å². The summed E-state index contributed by atoms with van der Waals surface area (Å²) in [7, 11) is 1.65. The molecule has 0 aromatic heterocycles. The number of methoxy groups -OCH3 is 1. The second kappa shape index (κ2) is 8.20. The first-order chi connectivity index (χ1) is 10.3. The molecule has 114 valence electrons. The minimum Gasteiger partial charge on any atom is -0.383 e. The van der Waals surface area contributed by atoms with Gasteiger partial charge in [-0.15, -0.1) is 11.6 Å². The molecular weight excluding hydrogens is 286 g/mol. The largest absolute Gasteiger partial charge is 0.383 e. The molecule has 0 unspecified atom stereocenters. The third-order valence-corrected chi connectivity index (χ3v) is 4.02. The summed E-state index contributed by atoms with van der Waals surface area (Å²) >= 11 is 5.81. The molecule has 0 aliphatic heterocycles. The molecule has 1 aliphatic carbocycles. The molecule has 3 nitrogen and oxygen atoms in total. The Morgan fingerprint density at radius 2 is 1.90 bits per heavy atom. The number of amides is 1. The maximum atomic E-state index is 12.3. The summed E-state index contributed by atoms with van der Waals surface area (Å²) in [6, 6.07) is 10.1. The van der Waals surface area contributed by atoms with E-state index in [0.717, 1.165) is 24.1 Å². The van der Waals surface area contributed by atoms with Crippen LogP contribution < -0.4 is 0 Å². The number of halogens is 1. The molecule has 1 aliphatic rings. The van der Waals surface area contributed by atoms with Gasteiger partial charge in [0.1, 0.15) is 5.88 Å². The minimum absolute atomic E-state index is 0.00662. The van der Waals surface area contributed by atoms with Crippen LogP contribution in [-0.4, -0.2) is 36.9 Å². The first-order valence-corrected chi connectivity index (χ1v) is 7.94. The molecule has 1 aromatic carbocycles. The van der Waals surface area contributed by atoms with Gasteiger partial charge in [-0.2, -0.15) is 0 Å². The lowest BCUT2D eigenvalue weighted by Gasteiger charge is -2.27. The molecular formula is C17H22ClNO2. The first-order valence-electron chi connectivity index (χ1n) is 7.40. The lowest BCUT2D eigenvalue weighted by atomic mass is 10.0. The minimum atomic E-state index is -0.0630. The van der Waals surface area contributed by atoms with Crippen molar-refractivity contribution in [3.8, 4) is 0 Å². The van der Waals surface area contributed by atoms with Gasteiger partial charge >= 0.3 is 0 Å². The number of alkyl halides is 1. The van der Waals surface area contributed by atoms with Crippen LogP contribution in [0.25, 0.3) is 5.70 Å². The van der Waals surface area contributed by atoms with E-state index >= 15 is 0 Å². The molecule has 21 heavy (non-hydrogen) atoms. The van der Waals surface area contributed by atoms with E-state index in [0.29, 0.717) is 13.2 Å². The van der Waals surface area contributed by atoms with Crippen LogP contribution in [0.1, 0.15) is 31.2 Å². The maximum Gasteiger partial charge on any atom is 0.242 e. The molecule has 1 aromatic rings. The van der Waals surface area contributed by atoms with Crippen molar-refractivity contribution in [2.24, 2.45) is 0 Å². The standard InChI is InChI=1S/C17H22ClNO2/c1-21-12-11-19(16(20)13-18)17(15-9-5-6-10-15)14-7-3-2-4-8-14/h2-4,7-8H,5-6,9-13H2,1H3. The molecule has 0 saturated heterocycles. The molecule has 1 amide bonds. The smallest absolute Gasteiger partial charge is 0.242 e. The Kier molecular flexibility index (Phi) is 6.27. The second-order valence-electron chi connectivity index (χ2n) is 5.20. The molecule has 0 N–H and O–H groups in total. The highest BCUT2D eigenvalue weighted by Gasteiger charge is 2.23. The van der Waals surface area contributed by atoms with Gasteiger partial charge in [0.25, 0.3) is 0 Å². The summed E-state index contributed by atoms with van der Waals surface area (Å²) in [5.74, 6) is -0.0696. The van der Waals surface area contributed by atoms with Crippen molar-refractivity contribution in [2.45, 2.75) is 25.7 Å². The summed E-state index contributed by atoms with van der Waals surface area (Å²) in [5, 5.41) is 0. The lowest BCUT2D eigenvalue weighted by molar-refractivity contribution is -0.125. The van der Waals surface area contributed by atoms with Gasteiger partial charge in [-0.25, -0.2) is 0 Å².